The lowest BCUT2D eigenvalue weighted by atomic mass is 10.0. The summed E-state index contributed by atoms with van der Waals surface area (Å²) in [4.78, 5) is 12.5. The van der Waals surface area contributed by atoms with E-state index in [0.717, 1.165) is 32.1 Å². The van der Waals surface area contributed by atoms with E-state index in [0.29, 0.717) is 12.8 Å². The molecule has 5 heteroatoms. The third kappa shape index (κ3) is 48.1. The number of amides is 1. The number of nitrogens with one attached hydrogen (secondary N) is 1. The molecule has 0 aromatic carbocycles. The Bertz CT molecular complexity index is 905. The van der Waals surface area contributed by atoms with E-state index in [1.165, 1.54) is 238 Å². The largest absolute Gasteiger partial charge is 0.394 e. The highest BCUT2D eigenvalue weighted by Gasteiger charge is 2.21. The van der Waals surface area contributed by atoms with Crippen molar-refractivity contribution in [1.82, 2.24) is 5.32 Å². The molecule has 4 N–H and O–H groups in total. The summed E-state index contributed by atoms with van der Waals surface area (Å²) in [5.41, 5.74) is 0. The topological polar surface area (TPSA) is 89.8 Å². The Hall–Kier alpha value is -1.17. The average Bonchev–Trinajstić information content (AvgIpc) is 3.25. The van der Waals surface area contributed by atoms with Crippen molar-refractivity contribution >= 4 is 5.91 Å². The van der Waals surface area contributed by atoms with Gasteiger partial charge in [0.1, 0.15) is 0 Å². The Morgan fingerprint density at radius 3 is 1.03 bits per heavy atom. The van der Waals surface area contributed by atoms with Crippen LogP contribution in [0.2, 0.25) is 0 Å². The standard InChI is InChI=1S/C56H109NO4/c1-3-5-7-9-11-13-15-16-17-18-19-20-21-22-23-24-25-26-27-28-29-30-31-32-33-34-35-36-37-38-40-41-43-45-47-49-53(59)51-56(61)57-54(52-58)55(60)50-48-46-44-42-39-14-12-10-8-6-4-2/h23-24,26-27,53-55,58-60H,3-22,25,28-52H2,1-2H3,(H,57,61)/b24-23-,27-26-. The molecule has 0 aromatic rings. The third-order valence-electron chi connectivity index (χ3n) is 13.0. The maximum Gasteiger partial charge on any atom is 0.222 e. The zero-order chi connectivity index (χ0) is 44.4. The summed E-state index contributed by atoms with van der Waals surface area (Å²) in [6.07, 6.45) is 64.9. The molecule has 0 heterocycles. The molecule has 3 atom stereocenters. The molecule has 0 aromatic heterocycles. The number of rotatable bonds is 51. The van der Waals surface area contributed by atoms with E-state index < -0.39 is 18.2 Å². The summed E-state index contributed by atoms with van der Waals surface area (Å²) in [6, 6.07) is -0.655. The normalized spacial score (nSPS) is 13.5. The number of carbonyl (C=O) groups excluding carboxylic acids is 1. The van der Waals surface area contributed by atoms with E-state index in [9.17, 15) is 20.1 Å². The number of hydrogen-bond acceptors (Lipinski definition) is 4. The van der Waals surface area contributed by atoms with Gasteiger partial charge in [0.25, 0.3) is 0 Å². The lowest BCUT2D eigenvalue weighted by Gasteiger charge is -2.23. The molecule has 0 aliphatic carbocycles. The second kappa shape index (κ2) is 51.5. The first-order valence-corrected chi connectivity index (χ1v) is 27.6. The Balaban J connectivity index is 3.45. The van der Waals surface area contributed by atoms with E-state index >= 15 is 0 Å². The van der Waals surface area contributed by atoms with Crippen LogP contribution < -0.4 is 5.32 Å². The summed E-state index contributed by atoms with van der Waals surface area (Å²) < 4.78 is 0. The molecule has 0 saturated heterocycles. The van der Waals surface area contributed by atoms with Gasteiger partial charge >= 0.3 is 0 Å². The fourth-order valence-electron chi connectivity index (χ4n) is 8.79. The predicted molar refractivity (Wildman–Crippen MR) is 268 cm³/mol. The number of hydrogen-bond donors (Lipinski definition) is 4. The van der Waals surface area contributed by atoms with Crippen molar-refractivity contribution in [3.63, 3.8) is 0 Å². The van der Waals surface area contributed by atoms with Gasteiger partial charge in [0.2, 0.25) is 5.91 Å². The van der Waals surface area contributed by atoms with Gasteiger partial charge in [0, 0.05) is 0 Å². The van der Waals surface area contributed by atoms with Crippen molar-refractivity contribution in [2.24, 2.45) is 0 Å². The molecular formula is C56H109NO4. The highest BCUT2D eigenvalue weighted by atomic mass is 16.3. The Labute approximate surface area is 382 Å². The van der Waals surface area contributed by atoms with Crippen molar-refractivity contribution < 1.29 is 20.1 Å². The molecule has 61 heavy (non-hydrogen) atoms. The van der Waals surface area contributed by atoms with Gasteiger partial charge in [-0.2, -0.15) is 0 Å². The zero-order valence-electron chi connectivity index (χ0n) is 41.3. The fourth-order valence-corrected chi connectivity index (χ4v) is 8.79. The second-order valence-electron chi connectivity index (χ2n) is 19.2. The molecule has 362 valence electrons. The SMILES string of the molecule is CCCCCCCCCCCCCCC/C=C\C/C=C\CCCCCCCCCCCCCCCCCC(O)CC(=O)NC(CO)C(O)CCCCCCCCCCCCC. The molecular weight excluding hydrogens is 751 g/mol. The second-order valence-corrected chi connectivity index (χ2v) is 19.2. The Morgan fingerprint density at radius 2 is 0.705 bits per heavy atom. The lowest BCUT2D eigenvalue weighted by Crippen LogP contribution is -2.46. The molecule has 5 nitrogen and oxygen atoms in total. The minimum atomic E-state index is -0.746. The van der Waals surface area contributed by atoms with Crippen LogP contribution >= 0.6 is 0 Å². The van der Waals surface area contributed by atoms with Crippen LogP contribution in [0.5, 0.6) is 0 Å². The fraction of sp³-hybridized carbons (Fsp3) is 0.911. The number of unbranched alkanes of at least 4 members (excludes halogenated alkanes) is 38. The lowest BCUT2D eigenvalue weighted by molar-refractivity contribution is -0.125. The Kier molecular flexibility index (Phi) is 50.5. The van der Waals surface area contributed by atoms with Crippen LogP contribution in [0.3, 0.4) is 0 Å². The van der Waals surface area contributed by atoms with Gasteiger partial charge in [-0.05, 0) is 44.9 Å². The number of aliphatic hydroxyl groups excluding tert-OH is 3. The van der Waals surface area contributed by atoms with E-state index in [1.54, 1.807) is 0 Å². The van der Waals surface area contributed by atoms with Gasteiger partial charge in [0.15, 0.2) is 0 Å². The van der Waals surface area contributed by atoms with Gasteiger partial charge in [-0.3, -0.25) is 4.79 Å². The molecule has 1 amide bonds. The maximum absolute atomic E-state index is 12.5. The first kappa shape index (κ1) is 59.8. The van der Waals surface area contributed by atoms with Crippen LogP contribution in [-0.4, -0.2) is 46.1 Å². The molecule has 0 saturated carbocycles. The van der Waals surface area contributed by atoms with Gasteiger partial charge in [0.05, 0.1) is 31.3 Å². The minimum absolute atomic E-state index is 0.0388. The highest BCUT2D eigenvalue weighted by molar-refractivity contribution is 5.76. The summed E-state index contributed by atoms with van der Waals surface area (Å²) in [7, 11) is 0. The summed E-state index contributed by atoms with van der Waals surface area (Å²) >= 11 is 0. The molecule has 0 fully saturated rings. The molecule has 0 aliphatic rings. The van der Waals surface area contributed by atoms with Gasteiger partial charge in [-0.25, -0.2) is 0 Å². The number of carbonyl (C=O) groups is 1. The van der Waals surface area contributed by atoms with Gasteiger partial charge < -0.3 is 20.6 Å². The first-order valence-electron chi connectivity index (χ1n) is 27.6. The molecule has 3 unspecified atom stereocenters. The summed E-state index contributed by atoms with van der Waals surface area (Å²) in [6.45, 7) is 4.27. The maximum atomic E-state index is 12.5. The molecule has 0 bridgehead atoms. The third-order valence-corrected chi connectivity index (χ3v) is 13.0. The van der Waals surface area contributed by atoms with Crippen LogP contribution in [0.4, 0.5) is 0 Å². The van der Waals surface area contributed by atoms with Crippen LogP contribution in [0.1, 0.15) is 303 Å². The van der Waals surface area contributed by atoms with E-state index in [2.05, 4.69) is 43.5 Å². The van der Waals surface area contributed by atoms with Crippen molar-refractivity contribution in [3.05, 3.63) is 24.3 Å². The average molecular weight is 860 g/mol. The van der Waals surface area contributed by atoms with Crippen molar-refractivity contribution in [2.45, 2.75) is 321 Å². The molecule has 0 aliphatic heterocycles. The quantitative estimate of drug-likeness (QED) is 0.0362. The number of aliphatic hydroxyl groups is 3. The smallest absolute Gasteiger partial charge is 0.222 e. The van der Waals surface area contributed by atoms with E-state index in [4.69, 9.17) is 0 Å². The zero-order valence-corrected chi connectivity index (χ0v) is 41.3. The van der Waals surface area contributed by atoms with Crippen LogP contribution in [0.15, 0.2) is 24.3 Å². The predicted octanol–water partition coefficient (Wildman–Crippen LogP) is 16.9. The van der Waals surface area contributed by atoms with Gasteiger partial charge in [-0.15, -0.1) is 0 Å². The van der Waals surface area contributed by atoms with E-state index in [-0.39, 0.29) is 18.9 Å². The monoisotopic (exact) mass is 860 g/mol. The van der Waals surface area contributed by atoms with Crippen LogP contribution in [-0.2, 0) is 4.79 Å². The van der Waals surface area contributed by atoms with Crippen molar-refractivity contribution in [2.75, 3.05) is 6.61 Å². The van der Waals surface area contributed by atoms with E-state index in [1.807, 2.05) is 0 Å². The first-order chi connectivity index (χ1) is 30.0. The van der Waals surface area contributed by atoms with Crippen LogP contribution in [0.25, 0.3) is 0 Å². The molecule has 0 spiro atoms. The minimum Gasteiger partial charge on any atom is -0.394 e. The van der Waals surface area contributed by atoms with Gasteiger partial charge in [-0.1, -0.05) is 276 Å². The summed E-state index contributed by atoms with van der Waals surface area (Å²) in [5, 5.41) is 33.4. The van der Waals surface area contributed by atoms with Crippen LogP contribution in [0, 0.1) is 0 Å². The highest BCUT2D eigenvalue weighted by Crippen LogP contribution is 2.17. The Morgan fingerprint density at radius 1 is 0.410 bits per heavy atom. The number of allylic oxidation sites excluding steroid dienone is 4. The molecule has 0 rings (SSSR count). The molecule has 0 radical (unpaired) electrons. The summed E-state index contributed by atoms with van der Waals surface area (Å²) in [5.74, 6) is -0.281. The van der Waals surface area contributed by atoms with Crippen molar-refractivity contribution in [1.29, 1.82) is 0 Å². The van der Waals surface area contributed by atoms with Crippen molar-refractivity contribution in [3.8, 4) is 0 Å².